The van der Waals surface area contributed by atoms with E-state index in [0.29, 0.717) is 16.9 Å². The predicted molar refractivity (Wildman–Crippen MR) is 125 cm³/mol. The highest BCUT2D eigenvalue weighted by Crippen LogP contribution is 2.35. The van der Waals surface area contributed by atoms with Crippen LogP contribution in [-0.2, 0) is 11.0 Å². The number of hydrogen-bond donors (Lipinski definition) is 4. The first-order valence-electron chi connectivity index (χ1n) is 10.1. The van der Waals surface area contributed by atoms with Crippen molar-refractivity contribution >= 4 is 52.3 Å². The molecule has 0 aliphatic rings. The molecule has 16 heteroatoms. The van der Waals surface area contributed by atoms with E-state index in [4.69, 9.17) is 17.3 Å². The van der Waals surface area contributed by atoms with Gasteiger partial charge in [-0.2, -0.15) is 13.2 Å². The molecule has 0 aromatic carbocycles. The van der Waals surface area contributed by atoms with Crippen molar-refractivity contribution in [1.82, 2.24) is 25.3 Å². The molecule has 0 saturated carbocycles. The molecule has 1 atom stereocenters. The Morgan fingerprint density at radius 2 is 1.83 bits per heavy atom. The van der Waals surface area contributed by atoms with Gasteiger partial charge in [0.2, 0.25) is 5.91 Å². The second-order valence-electron chi connectivity index (χ2n) is 7.19. The van der Waals surface area contributed by atoms with Gasteiger partial charge in [-0.05, 0) is 13.0 Å². The van der Waals surface area contributed by atoms with E-state index < -0.39 is 40.5 Å². The lowest BCUT2D eigenvalue weighted by atomic mass is 10.2. The highest BCUT2D eigenvalue weighted by atomic mass is 35.5. The number of nitrogens with two attached hydrogens (primary N) is 1. The van der Waals surface area contributed by atoms with Crippen LogP contribution in [0.2, 0.25) is 5.02 Å². The van der Waals surface area contributed by atoms with E-state index in [2.05, 4.69) is 35.9 Å². The summed E-state index contributed by atoms with van der Waals surface area (Å²) in [7, 11) is 0. The first-order valence-corrected chi connectivity index (χ1v) is 11.3. The number of thiazole rings is 1. The zero-order valence-corrected chi connectivity index (χ0v) is 20.0. The van der Waals surface area contributed by atoms with Gasteiger partial charge in [-0.25, -0.2) is 19.9 Å². The SMILES string of the molecule is C[C@@H](NC(=O)c1cc(NCCC(N)=O)ncn1)c1ncc(C(=O)Nc2cc(C(F)(F)F)c(Cl)cn2)s1. The van der Waals surface area contributed by atoms with E-state index >= 15 is 0 Å². The van der Waals surface area contributed by atoms with Crippen molar-refractivity contribution in [1.29, 1.82) is 0 Å². The van der Waals surface area contributed by atoms with Crippen molar-refractivity contribution in [3.63, 3.8) is 0 Å². The fraction of sp³-hybridized carbons (Fsp3) is 0.250. The molecule has 3 amide bonds. The highest BCUT2D eigenvalue weighted by molar-refractivity contribution is 7.13. The zero-order valence-electron chi connectivity index (χ0n) is 18.4. The summed E-state index contributed by atoms with van der Waals surface area (Å²) in [5.74, 6) is -1.79. The third-order valence-electron chi connectivity index (χ3n) is 4.44. The lowest BCUT2D eigenvalue weighted by molar-refractivity contribution is -0.137. The van der Waals surface area contributed by atoms with Crippen LogP contribution < -0.4 is 21.7 Å². The number of pyridine rings is 1. The summed E-state index contributed by atoms with van der Waals surface area (Å²) in [6.07, 6.45) is -1.44. The number of nitrogens with zero attached hydrogens (tertiary/aromatic N) is 4. The number of aromatic nitrogens is 4. The van der Waals surface area contributed by atoms with Gasteiger partial charge in [0.05, 0.1) is 22.8 Å². The minimum atomic E-state index is -4.71. The third-order valence-corrected chi connectivity index (χ3v) is 5.92. The minimum absolute atomic E-state index is 0.0437. The molecule has 190 valence electrons. The molecule has 0 spiro atoms. The molecule has 3 rings (SSSR count). The summed E-state index contributed by atoms with van der Waals surface area (Å²) in [5.41, 5.74) is 3.99. The van der Waals surface area contributed by atoms with Crippen LogP contribution in [-0.4, -0.2) is 44.2 Å². The largest absolute Gasteiger partial charge is 0.418 e. The van der Waals surface area contributed by atoms with E-state index in [1.54, 1.807) is 6.92 Å². The summed E-state index contributed by atoms with van der Waals surface area (Å²) < 4.78 is 39.1. The van der Waals surface area contributed by atoms with E-state index in [0.717, 1.165) is 17.5 Å². The van der Waals surface area contributed by atoms with Crippen molar-refractivity contribution in [3.05, 3.63) is 57.0 Å². The zero-order chi connectivity index (χ0) is 26.5. The van der Waals surface area contributed by atoms with Gasteiger partial charge in [0.1, 0.15) is 33.5 Å². The molecule has 0 radical (unpaired) electrons. The third kappa shape index (κ3) is 7.08. The fourth-order valence-corrected chi connectivity index (χ4v) is 3.75. The topological polar surface area (TPSA) is 165 Å². The van der Waals surface area contributed by atoms with Crippen LogP contribution in [0.1, 0.15) is 50.1 Å². The number of carbonyl (C=O) groups is 3. The number of anilines is 2. The molecule has 3 aromatic rings. The lowest BCUT2D eigenvalue weighted by Crippen LogP contribution is -2.27. The van der Waals surface area contributed by atoms with E-state index in [-0.39, 0.29) is 29.4 Å². The number of hydrogen-bond acceptors (Lipinski definition) is 9. The standard InChI is InChI=1S/C20H18ClF3N8O3S/c1-9(31-17(34)12-5-15(30-8-29-12)26-3-2-14(25)33)19-28-7-13(36-19)18(35)32-16-4-10(20(22,23)24)11(21)6-27-16/h4-9H,2-3H2,1H3,(H2,25,33)(H,31,34)(H,26,29,30)(H,27,32,35)/t9-/m1/s1. The maximum absolute atomic E-state index is 13.0. The van der Waals surface area contributed by atoms with Crippen LogP contribution in [0.5, 0.6) is 0 Å². The Morgan fingerprint density at radius 3 is 2.53 bits per heavy atom. The Labute approximate surface area is 210 Å². The van der Waals surface area contributed by atoms with Crippen LogP contribution in [0.4, 0.5) is 24.8 Å². The normalized spacial score (nSPS) is 12.0. The second-order valence-corrected chi connectivity index (χ2v) is 8.66. The number of alkyl halides is 3. The number of halogens is 4. The van der Waals surface area contributed by atoms with Crippen LogP contribution >= 0.6 is 22.9 Å². The van der Waals surface area contributed by atoms with Crippen molar-refractivity contribution in [2.75, 3.05) is 17.2 Å². The molecule has 0 bridgehead atoms. The average molecular weight is 543 g/mol. The van der Waals surface area contributed by atoms with Gasteiger partial charge in [-0.15, -0.1) is 11.3 Å². The Hall–Kier alpha value is -3.85. The number of amides is 3. The van der Waals surface area contributed by atoms with Gasteiger partial charge in [0, 0.05) is 25.2 Å². The Morgan fingerprint density at radius 1 is 1.08 bits per heavy atom. The summed E-state index contributed by atoms with van der Waals surface area (Å²) in [6.45, 7) is 1.86. The lowest BCUT2D eigenvalue weighted by Gasteiger charge is -2.11. The number of nitrogens with one attached hydrogen (secondary N) is 3. The molecule has 0 fully saturated rings. The summed E-state index contributed by atoms with van der Waals surface area (Å²) in [6, 6.07) is 1.39. The first kappa shape index (κ1) is 26.7. The average Bonchev–Trinajstić information content (AvgIpc) is 3.30. The molecular formula is C20H18ClF3N8O3S. The van der Waals surface area contributed by atoms with E-state index in [9.17, 15) is 27.6 Å². The molecule has 3 aromatic heterocycles. The van der Waals surface area contributed by atoms with Crippen LogP contribution in [0.25, 0.3) is 0 Å². The molecule has 5 N–H and O–H groups in total. The fourth-order valence-electron chi connectivity index (χ4n) is 2.72. The maximum atomic E-state index is 13.0. The highest BCUT2D eigenvalue weighted by Gasteiger charge is 2.34. The molecule has 0 saturated heterocycles. The van der Waals surface area contributed by atoms with Gasteiger partial charge in [-0.3, -0.25) is 14.4 Å². The second kappa shape index (κ2) is 11.3. The smallest absolute Gasteiger partial charge is 0.370 e. The Balaban J connectivity index is 1.63. The van der Waals surface area contributed by atoms with Crippen LogP contribution in [0.15, 0.2) is 30.9 Å². The van der Waals surface area contributed by atoms with Crippen molar-refractivity contribution < 1.29 is 27.6 Å². The molecule has 3 heterocycles. The van der Waals surface area contributed by atoms with Crippen LogP contribution in [0.3, 0.4) is 0 Å². The quantitative estimate of drug-likeness (QED) is 0.320. The predicted octanol–water partition coefficient (Wildman–Crippen LogP) is 3.03. The maximum Gasteiger partial charge on any atom is 0.418 e. The van der Waals surface area contributed by atoms with Gasteiger partial charge in [0.15, 0.2) is 0 Å². The monoisotopic (exact) mass is 542 g/mol. The van der Waals surface area contributed by atoms with Crippen molar-refractivity contribution in [3.8, 4) is 0 Å². The first-order chi connectivity index (χ1) is 16.9. The van der Waals surface area contributed by atoms with E-state index in [1.165, 1.54) is 18.6 Å². The molecule has 0 aliphatic carbocycles. The number of carbonyl (C=O) groups excluding carboxylic acids is 3. The molecule has 11 nitrogen and oxygen atoms in total. The molecular weight excluding hydrogens is 525 g/mol. The minimum Gasteiger partial charge on any atom is -0.370 e. The van der Waals surface area contributed by atoms with Gasteiger partial charge in [-0.1, -0.05) is 11.6 Å². The molecule has 0 aliphatic heterocycles. The number of rotatable bonds is 9. The van der Waals surface area contributed by atoms with Crippen LogP contribution in [0, 0.1) is 0 Å². The summed E-state index contributed by atoms with van der Waals surface area (Å²) in [4.78, 5) is 51.6. The molecule has 36 heavy (non-hydrogen) atoms. The summed E-state index contributed by atoms with van der Waals surface area (Å²) >= 11 is 6.47. The van der Waals surface area contributed by atoms with Crippen molar-refractivity contribution in [2.24, 2.45) is 5.73 Å². The molecule has 0 unspecified atom stereocenters. The van der Waals surface area contributed by atoms with Crippen molar-refractivity contribution in [2.45, 2.75) is 25.6 Å². The Bertz CT molecular complexity index is 1290. The van der Waals surface area contributed by atoms with Gasteiger partial charge in [0.25, 0.3) is 11.8 Å². The summed E-state index contributed by atoms with van der Waals surface area (Å²) in [5, 5.41) is 7.56. The number of primary amides is 1. The van der Waals surface area contributed by atoms with Gasteiger partial charge >= 0.3 is 6.18 Å². The Kier molecular flexibility index (Phi) is 8.37. The van der Waals surface area contributed by atoms with Gasteiger partial charge < -0.3 is 21.7 Å². The van der Waals surface area contributed by atoms with E-state index in [1.807, 2.05) is 0 Å².